The van der Waals surface area contributed by atoms with E-state index in [1.807, 2.05) is 24.3 Å². The van der Waals surface area contributed by atoms with Gasteiger partial charge in [0.25, 0.3) is 5.91 Å². The van der Waals surface area contributed by atoms with Crippen molar-refractivity contribution in [3.8, 4) is 5.75 Å². The molecule has 1 saturated heterocycles. The van der Waals surface area contributed by atoms with Crippen molar-refractivity contribution in [2.75, 3.05) is 25.0 Å². The van der Waals surface area contributed by atoms with Gasteiger partial charge in [-0.3, -0.25) is 9.69 Å². The van der Waals surface area contributed by atoms with Gasteiger partial charge in [0.15, 0.2) is 6.61 Å². The zero-order valence-electron chi connectivity index (χ0n) is 13.8. The monoisotopic (exact) mass is 378 g/mol. The topological polar surface area (TPSA) is 41.6 Å². The largest absolute Gasteiger partial charge is 0.482 e. The molecule has 1 amide bonds. The van der Waals surface area contributed by atoms with Gasteiger partial charge in [-0.2, -0.15) is 0 Å². The van der Waals surface area contributed by atoms with E-state index in [1.54, 1.807) is 18.2 Å². The van der Waals surface area contributed by atoms with Crippen LogP contribution < -0.4 is 10.1 Å². The molecule has 1 aliphatic heterocycles. The van der Waals surface area contributed by atoms with Crippen LogP contribution in [0.2, 0.25) is 10.0 Å². The maximum absolute atomic E-state index is 12.0. The fourth-order valence-corrected chi connectivity index (χ4v) is 3.15. The van der Waals surface area contributed by atoms with Crippen molar-refractivity contribution < 1.29 is 9.53 Å². The van der Waals surface area contributed by atoms with Crippen LogP contribution in [-0.2, 0) is 11.3 Å². The molecule has 0 saturated carbocycles. The van der Waals surface area contributed by atoms with Crippen LogP contribution in [0.4, 0.5) is 5.69 Å². The predicted molar refractivity (Wildman–Crippen MR) is 102 cm³/mol. The molecule has 3 rings (SSSR count). The summed E-state index contributed by atoms with van der Waals surface area (Å²) in [7, 11) is 0. The predicted octanol–water partition coefficient (Wildman–Crippen LogP) is 4.61. The molecule has 2 aromatic rings. The molecule has 0 bridgehead atoms. The van der Waals surface area contributed by atoms with E-state index in [1.165, 1.54) is 31.5 Å². The molecule has 1 aliphatic rings. The number of hydrogen-bond acceptors (Lipinski definition) is 3. The van der Waals surface area contributed by atoms with Gasteiger partial charge in [-0.05, 0) is 55.8 Å². The normalized spacial score (nSPS) is 14.5. The van der Waals surface area contributed by atoms with Crippen LogP contribution in [0.5, 0.6) is 5.75 Å². The number of hydrogen-bond donors (Lipinski definition) is 1. The van der Waals surface area contributed by atoms with Gasteiger partial charge in [-0.1, -0.05) is 35.3 Å². The van der Waals surface area contributed by atoms with Crippen LogP contribution in [0, 0.1) is 0 Å². The number of carbonyl (C=O) groups is 1. The Balaban J connectivity index is 1.49. The van der Waals surface area contributed by atoms with Gasteiger partial charge >= 0.3 is 0 Å². The van der Waals surface area contributed by atoms with E-state index in [0.29, 0.717) is 15.8 Å². The standard InChI is InChI=1S/C19H20Cl2N2O2/c20-15-5-8-17(21)18(11-15)25-13-19(24)22-16-6-3-14(4-7-16)12-23-9-1-2-10-23/h3-8,11H,1-2,9-10,12-13H2,(H,22,24). The van der Waals surface area contributed by atoms with Crippen molar-refractivity contribution in [2.24, 2.45) is 0 Å². The number of ether oxygens (including phenoxy) is 1. The minimum absolute atomic E-state index is 0.129. The van der Waals surface area contributed by atoms with E-state index in [9.17, 15) is 4.79 Å². The second kappa shape index (κ2) is 8.56. The van der Waals surface area contributed by atoms with Crippen molar-refractivity contribution in [2.45, 2.75) is 19.4 Å². The molecule has 0 spiro atoms. The molecular weight excluding hydrogens is 359 g/mol. The highest BCUT2D eigenvalue weighted by atomic mass is 35.5. The SMILES string of the molecule is O=C(COc1cc(Cl)ccc1Cl)Nc1ccc(CN2CCCC2)cc1. The first-order valence-corrected chi connectivity index (χ1v) is 9.05. The van der Waals surface area contributed by atoms with Crippen LogP contribution in [0.15, 0.2) is 42.5 Å². The van der Waals surface area contributed by atoms with Crippen molar-refractivity contribution >= 4 is 34.8 Å². The number of halogens is 2. The molecule has 0 atom stereocenters. The number of nitrogens with zero attached hydrogens (tertiary/aromatic N) is 1. The van der Waals surface area contributed by atoms with E-state index < -0.39 is 0 Å². The first-order chi connectivity index (χ1) is 12.1. The quantitative estimate of drug-likeness (QED) is 0.797. The Kier molecular flexibility index (Phi) is 6.19. The first-order valence-electron chi connectivity index (χ1n) is 8.29. The lowest BCUT2D eigenvalue weighted by atomic mass is 10.2. The molecule has 6 heteroatoms. The third kappa shape index (κ3) is 5.36. The molecule has 0 aromatic heterocycles. The molecule has 1 heterocycles. The third-order valence-electron chi connectivity index (χ3n) is 4.09. The highest BCUT2D eigenvalue weighted by Crippen LogP contribution is 2.27. The van der Waals surface area contributed by atoms with Crippen molar-refractivity contribution in [3.05, 3.63) is 58.1 Å². The molecule has 132 valence electrons. The summed E-state index contributed by atoms with van der Waals surface area (Å²) in [5.74, 6) is 0.147. The zero-order valence-corrected chi connectivity index (χ0v) is 15.3. The fourth-order valence-electron chi connectivity index (χ4n) is 2.82. The van der Waals surface area contributed by atoms with E-state index in [-0.39, 0.29) is 12.5 Å². The van der Waals surface area contributed by atoms with E-state index in [0.717, 1.165) is 12.2 Å². The van der Waals surface area contributed by atoms with Crippen LogP contribution in [-0.4, -0.2) is 30.5 Å². The summed E-state index contributed by atoms with van der Waals surface area (Å²) >= 11 is 11.9. The van der Waals surface area contributed by atoms with E-state index >= 15 is 0 Å². The Morgan fingerprint density at radius 2 is 1.80 bits per heavy atom. The van der Waals surface area contributed by atoms with Gasteiger partial charge in [0.2, 0.25) is 0 Å². The van der Waals surface area contributed by atoms with Crippen molar-refractivity contribution in [1.82, 2.24) is 4.90 Å². The minimum Gasteiger partial charge on any atom is -0.482 e. The lowest BCUT2D eigenvalue weighted by Gasteiger charge is -2.15. The van der Waals surface area contributed by atoms with Crippen LogP contribution in [0.3, 0.4) is 0 Å². The maximum atomic E-state index is 12.0. The second-order valence-corrected chi connectivity index (χ2v) is 6.94. The number of nitrogens with one attached hydrogen (secondary N) is 1. The number of amides is 1. The average Bonchev–Trinajstić information content (AvgIpc) is 3.10. The summed E-state index contributed by atoms with van der Waals surface area (Å²) in [6.07, 6.45) is 2.57. The Hall–Kier alpha value is -1.75. The van der Waals surface area contributed by atoms with E-state index in [2.05, 4.69) is 10.2 Å². The molecule has 25 heavy (non-hydrogen) atoms. The van der Waals surface area contributed by atoms with Gasteiger partial charge in [0.1, 0.15) is 5.75 Å². The third-order valence-corrected chi connectivity index (χ3v) is 4.64. The molecule has 0 aliphatic carbocycles. The fraction of sp³-hybridized carbons (Fsp3) is 0.316. The summed E-state index contributed by atoms with van der Waals surface area (Å²) in [6.45, 7) is 3.17. The summed E-state index contributed by atoms with van der Waals surface area (Å²) in [5.41, 5.74) is 2.00. The maximum Gasteiger partial charge on any atom is 0.262 e. The molecule has 2 aromatic carbocycles. The molecular formula is C19H20Cl2N2O2. The molecule has 4 nitrogen and oxygen atoms in total. The smallest absolute Gasteiger partial charge is 0.262 e. The lowest BCUT2D eigenvalue weighted by molar-refractivity contribution is -0.118. The van der Waals surface area contributed by atoms with Crippen molar-refractivity contribution in [1.29, 1.82) is 0 Å². The number of likely N-dealkylation sites (tertiary alicyclic amines) is 1. The molecule has 0 unspecified atom stereocenters. The second-order valence-electron chi connectivity index (χ2n) is 6.09. The van der Waals surface area contributed by atoms with Crippen LogP contribution in [0.1, 0.15) is 18.4 Å². The highest BCUT2D eigenvalue weighted by molar-refractivity contribution is 6.34. The first kappa shape index (κ1) is 18.1. The van der Waals surface area contributed by atoms with Crippen LogP contribution in [0.25, 0.3) is 0 Å². The van der Waals surface area contributed by atoms with Gasteiger partial charge in [-0.15, -0.1) is 0 Å². The number of rotatable bonds is 6. The van der Waals surface area contributed by atoms with Gasteiger partial charge in [-0.25, -0.2) is 0 Å². The Labute approximate surface area is 157 Å². The minimum atomic E-state index is -0.247. The number of anilines is 1. The Bertz CT molecular complexity index is 729. The number of benzene rings is 2. The molecule has 1 N–H and O–H groups in total. The Morgan fingerprint density at radius 3 is 2.52 bits per heavy atom. The zero-order chi connectivity index (χ0) is 17.6. The summed E-state index contributed by atoms with van der Waals surface area (Å²) in [6, 6.07) is 12.8. The molecule has 1 fully saturated rings. The summed E-state index contributed by atoms with van der Waals surface area (Å²) < 4.78 is 5.43. The Morgan fingerprint density at radius 1 is 1.08 bits per heavy atom. The summed E-state index contributed by atoms with van der Waals surface area (Å²) in [4.78, 5) is 14.5. The average molecular weight is 379 g/mol. The van der Waals surface area contributed by atoms with Gasteiger partial charge < -0.3 is 10.1 Å². The lowest BCUT2D eigenvalue weighted by Crippen LogP contribution is -2.20. The number of carbonyl (C=O) groups excluding carboxylic acids is 1. The highest BCUT2D eigenvalue weighted by Gasteiger charge is 2.12. The molecule has 0 radical (unpaired) electrons. The summed E-state index contributed by atoms with van der Waals surface area (Å²) in [5, 5.41) is 3.74. The van der Waals surface area contributed by atoms with Gasteiger partial charge in [0, 0.05) is 23.3 Å². The van der Waals surface area contributed by atoms with Crippen molar-refractivity contribution in [3.63, 3.8) is 0 Å². The van der Waals surface area contributed by atoms with Crippen LogP contribution >= 0.6 is 23.2 Å². The van der Waals surface area contributed by atoms with Gasteiger partial charge in [0.05, 0.1) is 5.02 Å². The van der Waals surface area contributed by atoms with E-state index in [4.69, 9.17) is 27.9 Å².